The highest BCUT2D eigenvalue weighted by Crippen LogP contribution is 2.36. The Morgan fingerprint density at radius 1 is 1.12 bits per heavy atom. The zero-order valence-electron chi connectivity index (χ0n) is 19.1. The fourth-order valence-electron chi connectivity index (χ4n) is 4.68. The molecule has 1 fully saturated rings. The molecule has 5 rings (SSSR count). The van der Waals surface area contributed by atoms with Crippen LogP contribution < -0.4 is 10.4 Å². The van der Waals surface area contributed by atoms with Gasteiger partial charge in [-0.2, -0.15) is 5.10 Å². The summed E-state index contributed by atoms with van der Waals surface area (Å²) in [6.45, 7) is 1.79. The van der Waals surface area contributed by atoms with Crippen LogP contribution in [0.15, 0.2) is 67.3 Å². The highest BCUT2D eigenvalue weighted by atomic mass is 16.2. The zero-order valence-corrected chi connectivity index (χ0v) is 19.1. The number of likely N-dealkylation sites (N-methyl/N-ethyl adjacent to an activating group) is 1. The van der Waals surface area contributed by atoms with Crippen molar-refractivity contribution in [2.24, 2.45) is 7.05 Å². The number of hydrogen-bond donors (Lipinski definition) is 1. The number of amides is 1. The Morgan fingerprint density at radius 2 is 1.91 bits per heavy atom. The Balaban J connectivity index is 1.26. The maximum absolute atomic E-state index is 12.8. The van der Waals surface area contributed by atoms with E-state index in [9.17, 15) is 4.79 Å². The van der Waals surface area contributed by atoms with Gasteiger partial charge in [0.1, 0.15) is 5.82 Å². The molecule has 1 saturated heterocycles. The van der Waals surface area contributed by atoms with Crippen LogP contribution in [-0.4, -0.2) is 56.7 Å². The molecule has 0 atom stereocenters. The van der Waals surface area contributed by atoms with Crippen LogP contribution >= 0.6 is 0 Å². The van der Waals surface area contributed by atoms with Crippen LogP contribution in [0.2, 0.25) is 0 Å². The van der Waals surface area contributed by atoms with Gasteiger partial charge in [-0.15, -0.1) is 0 Å². The Morgan fingerprint density at radius 3 is 2.64 bits per heavy atom. The van der Waals surface area contributed by atoms with Crippen molar-refractivity contribution in [1.29, 1.82) is 0 Å². The minimum atomic E-state index is 0.182. The lowest BCUT2D eigenvalue weighted by Gasteiger charge is -2.41. The first-order chi connectivity index (χ1) is 16.1. The van der Waals surface area contributed by atoms with Crippen LogP contribution in [0.5, 0.6) is 0 Å². The van der Waals surface area contributed by atoms with Gasteiger partial charge in [0, 0.05) is 57.3 Å². The fourth-order valence-corrected chi connectivity index (χ4v) is 4.68. The van der Waals surface area contributed by atoms with Gasteiger partial charge in [-0.25, -0.2) is 5.01 Å². The molecule has 0 unspecified atom stereocenters. The molecule has 4 heterocycles. The lowest BCUT2D eigenvalue weighted by atomic mass is 10.00. The van der Waals surface area contributed by atoms with E-state index in [0.29, 0.717) is 6.42 Å². The van der Waals surface area contributed by atoms with Crippen molar-refractivity contribution in [3.8, 4) is 0 Å². The molecule has 0 radical (unpaired) electrons. The molecule has 0 aliphatic carbocycles. The summed E-state index contributed by atoms with van der Waals surface area (Å²) < 4.78 is 1.83. The van der Waals surface area contributed by atoms with Crippen LogP contribution in [0.25, 0.3) is 5.70 Å². The fraction of sp³-hybridized carbons (Fsp3) is 0.320. The van der Waals surface area contributed by atoms with E-state index in [1.807, 2.05) is 77.5 Å². The highest BCUT2D eigenvalue weighted by Gasteiger charge is 2.30. The van der Waals surface area contributed by atoms with E-state index < -0.39 is 0 Å². The molecule has 0 spiro atoms. The first kappa shape index (κ1) is 21.1. The second-order valence-corrected chi connectivity index (χ2v) is 8.59. The van der Waals surface area contributed by atoms with E-state index in [4.69, 9.17) is 0 Å². The third-order valence-electron chi connectivity index (χ3n) is 6.62. The van der Waals surface area contributed by atoms with Gasteiger partial charge >= 0.3 is 0 Å². The molecule has 1 aromatic carbocycles. The molecule has 33 heavy (non-hydrogen) atoms. The lowest BCUT2D eigenvalue weighted by molar-refractivity contribution is -0.131. The summed E-state index contributed by atoms with van der Waals surface area (Å²) in [6.07, 6.45) is 9.90. The summed E-state index contributed by atoms with van der Waals surface area (Å²) in [7, 11) is 3.87. The molecule has 0 saturated carbocycles. The standard InChI is InChI=1S/C25H29N7O/c1-29(25(33)16-19-6-4-3-5-7-19)20-10-14-31(15-11-20)22-18-28-32(24-9-13-27-30(24)2)23-17-26-12-8-21(22)23/h3-9,12-13,17-18,20,28H,10-11,14-16H2,1-2H3. The van der Waals surface area contributed by atoms with Gasteiger partial charge in [0.05, 0.1) is 30.2 Å². The van der Waals surface area contributed by atoms with Crippen LogP contribution in [-0.2, 0) is 18.3 Å². The largest absolute Gasteiger partial charge is 0.370 e. The summed E-state index contributed by atoms with van der Waals surface area (Å²) in [5.41, 5.74) is 7.76. The van der Waals surface area contributed by atoms with Crippen LogP contribution in [0.3, 0.4) is 0 Å². The molecular weight excluding hydrogens is 414 g/mol. The van der Waals surface area contributed by atoms with Gasteiger partial charge in [0.2, 0.25) is 5.91 Å². The number of hydrogen-bond acceptors (Lipinski definition) is 6. The number of nitrogens with zero attached hydrogens (tertiary/aromatic N) is 6. The molecule has 8 heteroatoms. The molecule has 3 aromatic rings. The van der Waals surface area contributed by atoms with Crippen molar-refractivity contribution in [3.05, 3.63) is 78.4 Å². The quantitative estimate of drug-likeness (QED) is 0.654. The molecule has 2 aliphatic heterocycles. The molecule has 170 valence electrons. The average Bonchev–Trinajstić information content (AvgIpc) is 3.29. The Hall–Kier alpha value is -3.81. The first-order valence-electron chi connectivity index (χ1n) is 11.3. The van der Waals surface area contributed by atoms with E-state index in [0.717, 1.165) is 54.3 Å². The number of rotatable bonds is 5. The Bertz CT molecular complexity index is 1150. The van der Waals surface area contributed by atoms with Gasteiger partial charge in [-0.05, 0) is 24.5 Å². The number of nitrogens with one attached hydrogen (secondary N) is 1. The van der Waals surface area contributed by atoms with E-state index >= 15 is 0 Å². The maximum Gasteiger partial charge on any atom is 0.226 e. The highest BCUT2D eigenvalue weighted by molar-refractivity contribution is 5.81. The molecule has 1 N–H and O–H groups in total. The van der Waals surface area contributed by atoms with E-state index in [1.54, 1.807) is 6.20 Å². The minimum Gasteiger partial charge on any atom is -0.370 e. The lowest BCUT2D eigenvalue weighted by Crippen LogP contribution is -2.46. The summed E-state index contributed by atoms with van der Waals surface area (Å²) >= 11 is 0. The number of benzene rings is 1. The molecule has 8 nitrogen and oxygen atoms in total. The van der Waals surface area contributed by atoms with Crippen molar-refractivity contribution in [3.63, 3.8) is 0 Å². The SMILES string of the molecule is CN(C(=O)Cc1ccccc1)C1CCN(C2=CNN(c3ccnn3C)c3cnccc32)CC1. The number of aryl methyl sites for hydroxylation is 1. The van der Waals surface area contributed by atoms with Gasteiger partial charge in [-0.1, -0.05) is 30.3 Å². The third kappa shape index (κ3) is 4.16. The number of piperidine rings is 1. The normalized spacial score (nSPS) is 16.1. The monoisotopic (exact) mass is 443 g/mol. The van der Waals surface area contributed by atoms with Gasteiger partial charge in [-0.3, -0.25) is 19.9 Å². The first-order valence-corrected chi connectivity index (χ1v) is 11.3. The average molecular weight is 444 g/mol. The topological polar surface area (TPSA) is 69.5 Å². The second kappa shape index (κ2) is 8.97. The third-order valence-corrected chi connectivity index (χ3v) is 6.62. The van der Waals surface area contributed by atoms with E-state index in [-0.39, 0.29) is 11.9 Å². The number of carbonyl (C=O) groups excluding carboxylic acids is 1. The van der Waals surface area contributed by atoms with E-state index in [1.165, 1.54) is 0 Å². The maximum atomic E-state index is 12.8. The number of likely N-dealkylation sites (tertiary alicyclic amines) is 1. The number of aromatic nitrogens is 3. The predicted molar refractivity (Wildman–Crippen MR) is 128 cm³/mol. The Labute approximate surface area is 194 Å². The minimum absolute atomic E-state index is 0.182. The molecule has 2 aromatic heterocycles. The number of carbonyl (C=O) groups is 1. The zero-order chi connectivity index (χ0) is 22.8. The van der Waals surface area contributed by atoms with Gasteiger partial charge < -0.3 is 9.80 Å². The van der Waals surface area contributed by atoms with Crippen molar-refractivity contribution in [1.82, 2.24) is 30.0 Å². The van der Waals surface area contributed by atoms with Crippen LogP contribution in [0.4, 0.5) is 11.5 Å². The van der Waals surface area contributed by atoms with Gasteiger partial charge in [0.25, 0.3) is 0 Å². The van der Waals surface area contributed by atoms with Gasteiger partial charge in [0.15, 0.2) is 0 Å². The Kier molecular flexibility index (Phi) is 5.73. The van der Waals surface area contributed by atoms with Crippen molar-refractivity contribution >= 4 is 23.1 Å². The van der Waals surface area contributed by atoms with E-state index in [2.05, 4.69) is 32.7 Å². The number of anilines is 2. The molecule has 0 bridgehead atoms. The van der Waals surface area contributed by atoms with Crippen molar-refractivity contribution < 1.29 is 4.79 Å². The van der Waals surface area contributed by atoms with Crippen molar-refractivity contribution in [2.45, 2.75) is 25.3 Å². The second-order valence-electron chi connectivity index (χ2n) is 8.59. The smallest absolute Gasteiger partial charge is 0.226 e. The molecule has 1 amide bonds. The number of fused-ring (bicyclic) bond motifs is 1. The summed E-state index contributed by atoms with van der Waals surface area (Å²) in [5.74, 6) is 1.12. The van der Waals surface area contributed by atoms with Crippen molar-refractivity contribution in [2.75, 3.05) is 25.1 Å². The van der Waals surface area contributed by atoms with Crippen LogP contribution in [0, 0.1) is 0 Å². The molecular formula is C25H29N7O. The number of pyridine rings is 1. The predicted octanol–water partition coefficient (Wildman–Crippen LogP) is 2.94. The summed E-state index contributed by atoms with van der Waals surface area (Å²) in [6, 6.07) is 14.3. The van der Waals surface area contributed by atoms with Crippen LogP contribution in [0.1, 0.15) is 24.0 Å². The summed E-state index contributed by atoms with van der Waals surface area (Å²) in [5, 5.41) is 6.29. The molecule has 2 aliphatic rings. The number of hydrazine groups is 1. The summed E-state index contributed by atoms with van der Waals surface area (Å²) in [4.78, 5) is 21.5.